The molecule has 4 aromatic rings. The quantitative estimate of drug-likeness (QED) is 0.344. The van der Waals surface area contributed by atoms with Crippen molar-refractivity contribution in [1.29, 1.82) is 0 Å². The first-order valence-electron chi connectivity index (χ1n) is 8.27. The number of ketones is 1. The van der Waals surface area contributed by atoms with Gasteiger partial charge in [-0.3, -0.25) is 9.59 Å². The van der Waals surface area contributed by atoms with Crippen molar-refractivity contribution in [3.63, 3.8) is 0 Å². The standard InChI is InChI=1S/C20H16BrN3O2/c21-13-5-6-15-16(11-24-18(15)9-13)19(25)20(26)22-8-7-12-10-23-17-4-2-1-3-14(12)17/h1-6,9-11,23-24H,7-8H2,(H,22,26). The molecule has 2 aromatic carbocycles. The Morgan fingerprint density at radius 1 is 0.962 bits per heavy atom. The second-order valence-electron chi connectivity index (χ2n) is 6.09. The van der Waals surface area contributed by atoms with E-state index in [1.165, 1.54) is 0 Å². The van der Waals surface area contributed by atoms with Crippen LogP contribution in [0, 0.1) is 0 Å². The number of Topliss-reactive ketones (excluding diaryl/α,β-unsaturated/α-hetero) is 1. The highest BCUT2D eigenvalue weighted by molar-refractivity contribution is 9.10. The molecule has 1 amide bonds. The van der Waals surface area contributed by atoms with Crippen LogP contribution in [0.15, 0.2) is 59.3 Å². The number of para-hydroxylation sites is 1. The van der Waals surface area contributed by atoms with Gasteiger partial charge in [-0.1, -0.05) is 40.2 Å². The fraction of sp³-hybridized carbons (Fsp3) is 0.100. The van der Waals surface area contributed by atoms with Gasteiger partial charge in [0.25, 0.3) is 11.7 Å². The van der Waals surface area contributed by atoms with Crippen LogP contribution in [0.3, 0.4) is 0 Å². The normalized spacial score (nSPS) is 11.1. The van der Waals surface area contributed by atoms with Gasteiger partial charge in [0.05, 0.1) is 5.56 Å². The summed E-state index contributed by atoms with van der Waals surface area (Å²) in [6.45, 7) is 0.403. The van der Waals surface area contributed by atoms with E-state index < -0.39 is 11.7 Å². The Balaban J connectivity index is 1.43. The van der Waals surface area contributed by atoms with Gasteiger partial charge in [0.2, 0.25) is 0 Å². The number of carbonyl (C=O) groups is 2. The topological polar surface area (TPSA) is 77.8 Å². The summed E-state index contributed by atoms with van der Waals surface area (Å²) in [5.74, 6) is -1.12. The van der Waals surface area contributed by atoms with Crippen molar-refractivity contribution in [1.82, 2.24) is 15.3 Å². The van der Waals surface area contributed by atoms with Gasteiger partial charge in [-0.15, -0.1) is 0 Å². The minimum atomic E-state index is -0.589. The summed E-state index contributed by atoms with van der Waals surface area (Å²) in [5, 5.41) is 4.60. The van der Waals surface area contributed by atoms with E-state index >= 15 is 0 Å². The van der Waals surface area contributed by atoms with Crippen LogP contribution in [0.4, 0.5) is 0 Å². The molecule has 26 heavy (non-hydrogen) atoms. The van der Waals surface area contributed by atoms with Gasteiger partial charge in [-0.2, -0.15) is 0 Å². The Morgan fingerprint density at radius 2 is 1.77 bits per heavy atom. The molecule has 0 fully saturated rings. The summed E-state index contributed by atoms with van der Waals surface area (Å²) in [6, 6.07) is 13.6. The largest absolute Gasteiger partial charge is 0.361 e. The summed E-state index contributed by atoms with van der Waals surface area (Å²) in [6.07, 6.45) is 4.18. The lowest BCUT2D eigenvalue weighted by molar-refractivity contribution is -0.116. The third-order valence-electron chi connectivity index (χ3n) is 4.45. The molecule has 2 aromatic heterocycles. The second-order valence-corrected chi connectivity index (χ2v) is 7.00. The molecule has 0 aliphatic rings. The van der Waals surface area contributed by atoms with Crippen LogP contribution in [-0.2, 0) is 11.2 Å². The maximum atomic E-state index is 12.5. The Morgan fingerprint density at radius 3 is 2.65 bits per heavy atom. The third kappa shape index (κ3) is 3.04. The maximum Gasteiger partial charge on any atom is 0.292 e. The second kappa shape index (κ2) is 6.80. The van der Waals surface area contributed by atoms with Gasteiger partial charge in [0.15, 0.2) is 0 Å². The predicted molar refractivity (Wildman–Crippen MR) is 105 cm³/mol. The van der Waals surface area contributed by atoms with Crippen LogP contribution >= 0.6 is 15.9 Å². The molecular weight excluding hydrogens is 394 g/mol. The molecule has 0 atom stereocenters. The number of aromatic amines is 2. The molecule has 6 heteroatoms. The van der Waals surface area contributed by atoms with Gasteiger partial charge >= 0.3 is 0 Å². The summed E-state index contributed by atoms with van der Waals surface area (Å²) >= 11 is 3.39. The molecule has 5 nitrogen and oxygen atoms in total. The summed E-state index contributed by atoms with van der Waals surface area (Å²) in [5.41, 5.74) is 3.38. The van der Waals surface area contributed by atoms with Gasteiger partial charge in [0.1, 0.15) is 0 Å². The molecule has 0 radical (unpaired) electrons. The van der Waals surface area contributed by atoms with Gasteiger partial charge in [-0.25, -0.2) is 0 Å². The number of rotatable bonds is 5. The lowest BCUT2D eigenvalue weighted by atomic mass is 10.1. The molecule has 3 N–H and O–H groups in total. The van der Waals surface area contributed by atoms with E-state index in [2.05, 4.69) is 31.2 Å². The Kier molecular flexibility index (Phi) is 4.34. The zero-order chi connectivity index (χ0) is 18.1. The Labute approximate surface area is 157 Å². The zero-order valence-electron chi connectivity index (χ0n) is 13.8. The number of nitrogens with one attached hydrogen (secondary N) is 3. The van der Waals surface area contributed by atoms with Gasteiger partial charge < -0.3 is 15.3 Å². The van der Waals surface area contributed by atoms with Crippen LogP contribution in [0.1, 0.15) is 15.9 Å². The lowest BCUT2D eigenvalue weighted by Gasteiger charge is -2.04. The van der Waals surface area contributed by atoms with Crippen molar-refractivity contribution in [2.24, 2.45) is 0 Å². The van der Waals surface area contributed by atoms with E-state index in [1.54, 1.807) is 6.20 Å². The number of fused-ring (bicyclic) bond motifs is 2. The highest BCUT2D eigenvalue weighted by atomic mass is 79.9. The molecule has 4 rings (SSSR count). The first-order valence-corrected chi connectivity index (χ1v) is 9.07. The lowest BCUT2D eigenvalue weighted by Crippen LogP contribution is -2.32. The van der Waals surface area contributed by atoms with E-state index in [4.69, 9.17) is 0 Å². The molecule has 130 valence electrons. The summed E-state index contributed by atoms with van der Waals surface area (Å²) in [7, 11) is 0. The number of hydrogen-bond acceptors (Lipinski definition) is 2. The Bertz CT molecular complexity index is 1130. The molecule has 0 bridgehead atoms. The molecular formula is C20H16BrN3O2. The van der Waals surface area contributed by atoms with Crippen LogP contribution in [0.2, 0.25) is 0 Å². The molecule has 0 saturated carbocycles. The van der Waals surface area contributed by atoms with E-state index in [0.29, 0.717) is 18.5 Å². The van der Waals surface area contributed by atoms with Crippen molar-refractivity contribution < 1.29 is 9.59 Å². The first-order chi connectivity index (χ1) is 12.6. The first kappa shape index (κ1) is 16.6. The smallest absolute Gasteiger partial charge is 0.292 e. The number of amides is 1. The molecule has 0 aliphatic carbocycles. The molecule has 0 unspecified atom stereocenters. The third-order valence-corrected chi connectivity index (χ3v) is 4.94. The number of hydrogen-bond donors (Lipinski definition) is 3. The predicted octanol–water partition coefficient (Wildman–Crippen LogP) is 3.95. The van der Waals surface area contributed by atoms with E-state index in [1.807, 2.05) is 48.7 Å². The molecule has 2 heterocycles. The van der Waals surface area contributed by atoms with Crippen molar-refractivity contribution in [3.8, 4) is 0 Å². The van der Waals surface area contributed by atoms with Crippen molar-refractivity contribution in [3.05, 3.63) is 70.5 Å². The van der Waals surface area contributed by atoms with Crippen LogP contribution in [0.5, 0.6) is 0 Å². The zero-order valence-corrected chi connectivity index (χ0v) is 15.4. The molecule has 0 saturated heterocycles. The number of benzene rings is 2. The van der Waals surface area contributed by atoms with E-state index in [0.717, 1.165) is 31.8 Å². The van der Waals surface area contributed by atoms with E-state index in [-0.39, 0.29) is 0 Å². The SMILES string of the molecule is O=C(NCCc1c[nH]c2ccccc12)C(=O)c1c[nH]c2cc(Br)ccc12. The van der Waals surface area contributed by atoms with Crippen LogP contribution in [-0.4, -0.2) is 28.2 Å². The average molecular weight is 410 g/mol. The highest BCUT2D eigenvalue weighted by Gasteiger charge is 2.19. The average Bonchev–Trinajstić information content (AvgIpc) is 3.25. The summed E-state index contributed by atoms with van der Waals surface area (Å²) in [4.78, 5) is 30.9. The monoisotopic (exact) mass is 409 g/mol. The Hall–Kier alpha value is -2.86. The fourth-order valence-electron chi connectivity index (χ4n) is 3.14. The highest BCUT2D eigenvalue weighted by Crippen LogP contribution is 2.23. The van der Waals surface area contributed by atoms with E-state index in [9.17, 15) is 9.59 Å². The number of aromatic nitrogens is 2. The van der Waals surface area contributed by atoms with Gasteiger partial charge in [0, 0.05) is 45.2 Å². The number of H-pyrrole nitrogens is 2. The number of carbonyl (C=O) groups excluding carboxylic acids is 2. The minimum Gasteiger partial charge on any atom is -0.361 e. The van der Waals surface area contributed by atoms with Crippen molar-refractivity contribution in [2.75, 3.05) is 6.54 Å². The maximum absolute atomic E-state index is 12.5. The van der Waals surface area contributed by atoms with Crippen LogP contribution < -0.4 is 5.32 Å². The summed E-state index contributed by atoms with van der Waals surface area (Å²) < 4.78 is 0.911. The fourth-order valence-corrected chi connectivity index (χ4v) is 3.50. The molecule has 0 spiro atoms. The van der Waals surface area contributed by atoms with Crippen LogP contribution in [0.25, 0.3) is 21.8 Å². The minimum absolute atomic E-state index is 0.386. The van der Waals surface area contributed by atoms with Crippen molar-refractivity contribution in [2.45, 2.75) is 6.42 Å². The van der Waals surface area contributed by atoms with Crippen molar-refractivity contribution >= 4 is 49.4 Å². The van der Waals surface area contributed by atoms with Gasteiger partial charge in [-0.05, 0) is 30.2 Å². The molecule has 0 aliphatic heterocycles. The number of halogens is 1.